The highest BCUT2D eigenvalue weighted by molar-refractivity contribution is 5.92. The van der Waals surface area contributed by atoms with Crippen LogP contribution in [-0.4, -0.2) is 30.8 Å². The Kier molecular flexibility index (Phi) is 7.17. The Labute approximate surface area is 162 Å². The van der Waals surface area contributed by atoms with Gasteiger partial charge in [-0.1, -0.05) is 38.1 Å². The van der Waals surface area contributed by atoms with Crippen LogP contribution in [-0.2, 0) is 11.3 Å². The third kappa shape index (κ3) is 5.68. The van der Waals surface area contributed by atoms with Crippen molar-refractivity contribution < 1.29 is 9.53 Å². The van der Waals surface area contributed by atoms with Crippen LogP contribution in [0.5, 0.6) is 0 Å². The molecule has 4 heteroatoms. The smallest absolute Gasteiger partial charge is 0.338 e. The first-order chi connectivity index (χ1) is 12.8. The van der Waals surface area contributed by atoms with Gasteiger partial charge in [0.05, 0.1) is 17.6 Å². The molecule has 0 aliphatic carbocycles. The number of carbonyl (C=O) groups excluding carboxylic acids is 1. The van der Waals surface area contributed by atoms with Crippen LogP contribution in [0.3, 0.4) is 0 Å². The van der Waals surface area contributed by atoms with Gasteiger partial charge in [-0.3, -0.25) is 0 Å². The van der Waals surface area contributed by atoms with Crippen LogP contribution in [0.4, 0.5) is 5.69 Å². The second kappa shape index (κ2) is 9.36. The standard InChI is InChI=1S/C23H30N2O2/c1-7-25(6)15-24-22-13-17(4)21(12-18(22)5)23(26)27-14-19-8-10-20(11-9-19)16(2)3/h8-13,15-16H,7,14H2,1-6H3/b24-15+. The van der Waals surface area contributed by atoms with Crippen molar-refractivity contribution in [3.63, 3.8) is 0 Å². The Balaban J connectivity index is 2.07. The molecule has 0 bridgehead atoms. The molecular weight excluding hydrogens is 336 g/mol. The summed E-state index contributed by atoms with van der Waals surface area (Å²) in [6, 6.07) is 12.0. The number of aliphatic imine (C=N–C) groups is 1. The molecule has 2 aromatic carbocycles. The second-order valence-electron chi connectivity index (χ2n) is 7.24. The normalized spacial score (nSPS) is 11.2. The highest BCUT2D eigenvalue weighted by Gasteiger charge is 2.13. The molecule has 0 saturated heterocycles. The first-order valence-electron chi connectivity index (χ1n) is 9.43. The number of esters is 1. The van der Waals surface area contributed by atoms with E-state index in [0.29, 0.717) is 11.5 Å². The van der Waals surface area contributed by atoms with Gasteiger partial charge in [-0.05, 0) is 61.1 Å². The van der Waals surface area contributed by atoms with E-state index in [0.717, 1.165) is 28.9 Å². The van der Waals surface area contributed by atoms with Gasteiger partial charge in [-0.15, -0.1) is 0 Å². The molecule has 0 aromatic heterocycles. The van der Waals surface area contributed by atoms with E-state index in [1.807, 2.05) is 50.1 Å². The van der Waals surface area contributed by atoms with Gasteiger partial charge in [0.25, 0.3) is 0 Å². The van der Waals surface area contributed by atoms with Crippen LogP contribution in [0, 0.1) is 13.8 Å². The molecule has 0 aliphatic rings. The molecule has 0 radical (unpaired) electrons. The van der Waals surface area contributed by atoms with Gasteiger partial charge in [0.15, 0.2) is 0 Å². The van der Waals surface area contributed by atoms with Gasteiger partial charge >= 0.3 is 5.97 Å². The van der Waals surface area contributed by atoms with Crippen molar-refractivity contribution in [3.8, 4) is 0 Å². The van der Waals surface area contributed by atoms with E-state index in [1.54, 1.807) is 6.34 Å². The summed E-state index contributed by atoms with van der Waals surface area (Å²) in [5.74, 6) is 0.190. The quantitative estimate of drug-likeness (QED) is 0.374. The van der Waals surface area contributed by atoms with Crippen molar-refractivity contribution in [1.82, 2.24) is 4.90 Å². The zero-order chi connectivity index (χ0) is 20.0. The maximum absolute atomic E-state index is 12.5. The van der Waals surface area contributed by atoms with Gasteiger partial charge in [-0.2, -0.15) is 0 Å². The first kappa shape index (κ1) is 20.7. The molecule has 0 heterocycles. The Morgan fingerprint density at radius 2 is 1.81 bits per heavy atom. The molecule has 0 N–H and O–H groups in total. The van der Waals surface area contributed by atoms with Crippen LogP contribution in [0.2, 0.25) is 0 Å². The van der Waals surface area contributed by atoms with Crippen LogP contribution in [0.25, 0.3) is 0 Å². The van der Waals surface area contributed by atoms with E-state index in [9.17, 15) is 4.79 Å². The van der Waals surface area contributed by atoms with E-state index in [-0.39, 0.29) is 12.6 Å². The number of hydrogen-bond acceptors (Lipinski definition) is 3. The molecule has 2 aromatic rings. The van der Waals surface area contributed by atoms with Crippen molar-refractivity contribution in [1.29, 1.82) is 0 Å². The summed E-state index contributed by atoms with van der Waals surface area (Å²) in [5.41, 5.74) is 5.55. The second-order valence-corrected chi connectivity index (χ2v) is 7.24. The molecule has 0 unspecified atom stereocenters. The molecule has 144 valence electrons. The van der Waals surface area contributed by atoms with Crippen molar-refractivity contribution in [2.75, 3.05) is 13.6 Å². The van der Waals surface area contributed by atoms with Gasteiger partial charge in [0, 0.05) is 13.6 Å². The molecule has 4 nitrogen and oxygen atoms in total. The summed E-state index contributed by atoms with van der Waals surface area (Å²) in [6.07, 6.45) is 1.81. The summed E-state index contributed by atoms with van der Waals surface area (Å²) in [6.45, 7) is 11.4. The molecule has 0 atom stereocenters. The Bertz CT molecular complexity index is 808. The number of aryl methyl sites for hydroxylation is 2. The topological polar surface area (TPSA) is 41.9 Å². The number of carbonyl (C=O) groups is 1. The van der Waals surface area contributed by atoms with Crippen LogP contribution < -0.4 is 0 Å². The molecule has 0 amide bonds. The molecule has 0 spiro atoms. The average molecular weight is 367 g/mol. The SMILES string of the molecule is CCN(C)/C=N/c1cc(C)c(C(=O)OCc2ccc(C(C)C)cc2)cc1C. The minimum Gasteiger partial charge on any atom is -0.457 e. The highest BCUT2D eigenvalue weighted by Crippen LogP contribution is 2.24. The Hall–Kier alpha value is -2.62. The van der Waals surface area contributed by atoms with E-state index in [2.05, 4.69) is 37.9 Å². The minimum atomic E-state index is -0.301. The number of ether oxygens (including phenoxy) is 1. The summed E-state index contributed by atoms with van der Waals surface area (Å²) < 4.78 is 5.52. The zero-order valence-electron chi connectivity index (χ0n) is 17.2. The maximum atomic E-state index is 12.5. The van der Waals surface area contributed by atoms with Gasteiger partial charge in [0.2, 0.25) is 0 Å². The van der Waals surface area contributed by atoms with Crippen LogP contribution in [0.15, 0.2) is 41.4 Å². The van der Waals surface area contributed by atoms with Gasteiger partial charge < -0.3 is 9.64 Å². The summed E-state index contributed by atoms with van der Waals surface area (Å²) >= 11 is 0. The van der Waals surface area contributed by atoms with E-state index < -0.39 is 0 Å². The van der Waals surface area contributed by atoms with Gasteiger partial charge in [-0.25, -0.2) is 9.79 Å². The summed E-state index contributed by atoms with van der Waals surface area (Å²) in [7, 11) is 1.98. The molecule has 2 rings (SSSR count). The van der Waals surface area contributed by atoms with Crippen molar-refractivity contribution in [3.05, 3.63) is 64.2 Å². The molecule has 27 heavy (non-hydrogen) atoms. The number of nitrogens with zero attached hydrogens (tertiary/aromatic N) is 2. The van der Waals surface area contributed by atoms with Crippen molar-refractivity contribution in [2.24, 2.45) is 4.99 Å². The van der Waals surface area contributed by atoms with E-state index in [4.69, 9.17) is 4.74 Å². The summed E-state index contributed by atoms with van der Waals surface area (Å²) in [5, 5.41) is 0. The monoisotopic (exact) mass is 366 g/mol. The fourth-order valence-corrected chi connectivity index (χ4v) is 2.63. The first-order valence-corrected chi connectivity index (χ1v) is 9.43. The molecule has 0 fully saturated rings. The summed E-state index contributed by atoms with van der Waals surface area (Å²) in [4.78, 5) is 19.0. The average Bonchev–Trinajstić information content (AvgIpc) is 2.66. The molecular formula is C23H30N2O2. The van der Waals surface area contributed by atoms with E-state index in [1.165, 1.54) is 5.56 Å². The lowest BCUT2D eigenvalue weighted by Gasteiger charge is -2.12. The van der Waals surface area contributed by atoms with Crippen molar-refractivity contribution in [2.45, 2.75) is 47.1 Å². The lowest BCUT2D eigenvalue weighted by molar-refractivity contribution is 0.0472. The fraction of sp³-hybridized carbons (Fsp3) is 0.391. The van der Waals surface area contributed by atoms with Crippen LogP contribution >= 0.6 is 0 Å². The molecule has 0 aliphatic heterocycles. The zero-order valence-corrected chi connectivity index (χ0v) is 17.2. The van der Waals surface area contributed by atoms with Crippen molar-refractivity contribution >= 4 is 18.0 Å². The maximum Gasteiger partial charge on any atom is 0.338 e. The van der Waals surface area contributed by atoms with E-state index >= 15 is 0 Å². The highest BCUT2D eigenvalue weighted by atomic mass is 16.5. The third-order valence-electron chi connectivity index (χ3n) is 4.67. The Morgan fingerprint density at radius 1 is 1.15 bits per heavy atom. The predicted octanol–water partition coefficient (Wildman–Crippen LogP) is 5.40. The largest absolute Gasteiger partial charge is 0.457 e. The lowest BCUT2D eigenvalue weighted by Crippen LogP contribution is -2.14. The lowest BCUT2D eigenvalue weighted by atomic mass is 10.0. The molecule has 0 saturated carbocycles. The fourth-order valence-electron chi connectivity index (χ4n) is 2.63. The third-order valence-corrected chi connectivity index (χ3v) is 4.67. The minimum absolute atomic E-state index is 0.275. The Morgan fingerprint density at radius 3 is 2.41 bits per heavy atom. The predicted molar refractivity (Wildman–Crippen MR) is 112 cm³/mol. The van der Waals surface area contributed by atoms with Crippen LogP contribution in [0.1, 0.15) is 59.3 Å². The van der Waals surface area contributed by atoms with Gasteiger partial charge in [0.1, 0.15) is 6.61 Å². The number of rotatable bonds is 7. The number of benzene rings is 2. The number of hydrogen-bond donors (Lipinski definition) is 0.